The van der Waals surface area contributed by atoms with Gasteiger partial charge in [-0.3, -0.25) is 4.79 Å². The Morgan fingerprint density at radius 3 is 2.35 bits per heavy atom. The first-order valence-electron chi connectivity index (χ1n) is 8.77. The Morgan fingerprint density at radius 2 is 1.74 bits per heavy atom. The van der Waals surface area contributed by atoms with Gasteiger partial charge in [-0.1, -0.05) is 23.5 Å². The van der Waals surface area contributed by atoms with Crippen LogP contribution in [0.5, 0.6) is 0 Å². The highest BCUT2D eigenvalue weighted by molar-refractivity contribution is 7.16. The molecule has 0 N–H and O–H groups in total. The molecule has 4 heteroatoms. The fourth-order valence-corrected chi connectivity index (χ4v) is 6.78. The minimum Gasteiger partial charge on any atom is -0.319 e. The van der Waals surface area contributed by atoms with Crippen molar-refractivity contribution < 1.29 is 4.79 Å². The smallest absolute Gasteiger partial charge is 0.254 e. The number of nitrogens with zero attached hydrogens (tertiary/aromatic N) is 2. The molecule has 4 fully saturated rings. The molecule has 1 aromatic heterocycles. The number of rotatable bonds is 1. The molecule has 0 aliphatic heterocycles. The van der Waals surface area contributed by atoms with E-state index in [1.54, 1.807) is 11.3 Å². The predicted octanol–water partition coefficient (Wildman–Crippen LogP) is 3.88. The Balaban J connectivity index is 1.56. The number of aromatic nitrogens is 1. The number of fused-ring (bicyclic) bond motifs is 1. The topological polar surface area (TPSA) is 34.4 Å². The molecular formula is C19H22N2OS. The molecule has 1 amide bonds. The van der Waals surface area contributed by atoms with E-state index in [1.165, 1.54) is 24.0 Å². The fraction of sp³-hybridized carbons (Fsp3) is 0.579. The van der Waals surface area contributed by atoms with Gasteiger partial charge in [0.1, 0.15) is 0 Å². The van der Waals surface area contributed by atoms with Gasteiger partial charge in [0, 0.05) is 7.05 Å². The zero-order chi connectivity index (χ0) is 15.6. The molecule has 23 heavy (non-hydrogen) atoms. The van der Waals surface area contributed by atoms with E-state index in [9.17, 15) is 4.79 Å². The molecule has 4 saturated carbocycles. The van der Waals surface area contributed by atoms with Crippen LogP contribution in [0.15, 0.2) is 29.3 Å². The van der Waals surface area contributed by atoms with Crippen LogP contribution >= 0.6 is 11.3 Å². The molecular weight excluding hydrogens is 304 g/mol. The SMILES string of the molecule is Cn1c(=NC(=O)C23CC4CC(CC(C4)C2)C3)sc2ccccc21. The van der Waals surface area contributed by atoms with E-state index in [2.05, 4.69) is 21.7 Å². The lowest BCUT2D eigenvalue weighted by Gasteiger charge is -2.55. The number of para-hydroxylation sites is 1. The van der Waals surface area contributed by atoms with Crippen LogP contribution < -0.4 is 4.80 Å². The maximum absolute atomic E-state index is 13.1. The zero-order valence-corrected chi connectivity index (χ0v) is 14.3. The number of carbonyl (C=O) groups is 1. The summed E-state index contributed by atoms with van der Waals surface area (Å²) < 4.78 is 3.27. The lowest BCUT2D eigenvalue weighted by Crippen LogP contribution is -2.49. The monoisotopic (exact) mass is 326 g/mol. The van der Waals surface area contributed by atoms with Gasteiger partial charge in [0.25, 0.3) is 5.91 Å². The van der Waals surface area contributed by atoms with Crippen molar-refractivity contribution >= 4 is 27.5 Å². The highest BCUT2D eigenvalue weighted by Crippen LogP contribution is 2.60. The summed E-state index contributed by atoms with van der Waals surface area (Å²) in [6.45, 7) is 0. The summed E-state index contributed by atoms with van der Waals surface area (Å²) in [6, 6.07) is 8.29. The van der Waals surface area contributed by atoms with Gasteiger partial charge in [0.05, 0.1) is 15.6 Å². The summed E-state index contributed by atoms with van der Waals surface area (Å²) in [5.74, 6) is 2.53. The number of aryl methyl sites for hydroxylation is 1. The first-order chi connectivity index (χ1) is 11.1. The predicted molar refractivity (Wildman–Crippen MR) is 92.0 cm³/mol. The zero-order valence-electron chi connectivity index (χ0n) is 13.5. The van der Waals surface area contributed by atoms with Crippen molar-refractivity contribution in [2.45, 2.75) is 38.5 Å². The van der Waals surface area contributed by atoms with Crippen LogP contribution in [-0.4, -0.2) is 10.5 Å². The largest absolute Gasteiger partial charge is 0.319 e. The molecule has 120 valence electrons. The van der Waals surface area contributed by atoms with Crippen LogP contribution in [0.3, 0.4) is 0 Å². The quantitative estimate of drug-likeness (QED) is 0.783. The number of thiazole rings is 1. The molecule has 4 aliphatic carbocycles. The van der Waals surface area contributed by atoms with Crippen LogP contribution in [0, 0.1) is 23.2 Å². The Hall–Kier alpha value is -1.42. The summed E-state index contributed by atoms with van der Waals surface area (Å²) in [4.78, 5) is 18.6. The third-order valence-corrected chi connectivity index (χ3v) is 7.52. The minimum atomic E-state index is -0.127. The Labute approximate surface area is 140 Å². The Morgan fingerprint density at radius 1 is 1.13 bits per heavy atom. The average molecular weight is 326 g/mol. The maximum atomic E-state index is 13.1. The maximum Gasteiger partial charge on any atom is 0.254 e. The van der Waals surface area contributed by atoms with E-state index in [1.807, 2.05) is 19.2 Å². The lowest BCUT2D eigenvalue weighted by molar-refractivity contribution is -0.142. The number of carbonyl (C=O) groups excluding carboxylic acids is 1. The van der Waals surface area contributed by atoms with Crippen LogP contribution in [0.25, 0.3) is 10.2 Å². The van der Waals surface area contributed by atoms with Crippen molar-refractivity contribution in [2.24, 2.45) is 35.2 Å². The summed E-state index contributed by atoms with van der Waals surface area (Å²) in [5.41, 5.74) is 1.03. The van der Waals surface area contributed by atoms with Gasteiger partial charge in [0.15, 0.2) is 4.80 Å². The van der Waals surface area contributed by atoms with Gasteiger partial charge in [-0.05, 0) is 68.4 Å². The Bertz CT molecular complexity index is 824. The van der Waals surface area contributed by atoms with Gasteiger partial charge >= 0.3 is 0 Å². The van der Waals surface area contributed by atoms with Crippen molar-refractivity contribution in [3.8, 4) is 0 Å². The lowest BCUT2D eigenvalue weighted by atomic mass is 9.49. The van der Waals surface area contributed by atoms with Crippen molar-refractivity contribution in [1.29, 1.82) is 0 Å². The summed E-state index contributed by atoms with van der Waals surface area (Å²) >= 11 is 1.63. The third kappa shape index (κ3) is 2.07. The van der Waals surface area contributed by atoms with Crippen LogP contribution in [0.4, 0.5) is 0 Å². The molecule has 3 nitrogen and oxygen atoms in total. The first kappa shape index (κ1) is 14.0. The van der Waals surface area contributed by atoms with Crippen molar-refractivity contribution in [2.75, 3.05) is 0 Å². The second kappa shape index (κ2) is 4.79. The molecule has 2 aromatic rings. The molecule has 1 heterocycles. The second-order valence-electron chi connectivity index (χ2n) is 8.03. The van der Waals surface area contributed by atoms with E-state index >= 15 is 0 Å². The minimum absolute atomic E-state index is 0.127. The van der Waals surface area contributed by atoms with Crippen LogP contribution in [0.1, 0.15) is 38.5 Å². The summed E-state index contributed by atoms with van der Waals surface area (Å²) in [7, 11) is 2.02. The summed E-state index contributed by atoms with van der Waals surface area (Å²) in [6.07, 6.45) is 7.37. The van der Waals surface area contributed by atoms with E-state index in [4.69, 9.17) is 0 Å². The molecule has 0 radical (unpaired) electrons. The molecule has 6 rings (SSSR count). The van der Waals surface area contributed by atoms with Gasteiger partial charge in [-0.15, -0.1) is 0 Å². The number of hydrogen-bond acceptors (Lipinski definition) is 2. The van der Waals surface area contributed by atoms with Gasteiger partial charge in [0.2, 0.25) is 0 Å². The van der Waals surface area contributed by atoms with Crippen molar-refractivity contribution in [3.05, 3.63) is 29.1 Å². The Kier molecular flexibility index (Phi) is 2.91. The first-order valence-corrected chi connectivity index (χ1v) is 9.58. The second-order valence-corrected chi connectivity index (χ2v) is 9.04. The van der Waals surface area contributed by atoms with E-state index in [-0.39, 0.29) is 11.3 Å². The number of amides is 1. The third-order valence-electron chi connectivity index (χ3n) is 6.40. The van der Waals surface area contributed by atoms with Crippen molar-refractivity contribution in [1.82, 2.24) is 4.57 Å². The molecule has 0 atom stereocenters. The number of benzene rings is 1. The molecule has 0 saturated heterocycles. The highest BCUT2D eigenvalue weighted by Gasteiger charge is 2.54. The molecule has 0 unspecified atom stereocenters. The standard InChI is InChI=1S/C19H22N2OS/c1-21-15-4-2-3-5-16(15)23-18(21)20-17(22)19-9-12-6-13(10-19)8-14(7-12)11-19/h2-5,12-14H,6-11H2,1H3. The normalized spacial score (nSPS) is 36.0. The van der Waals surface area contributed by atoms with Crippen LogP contribution in [-0.2, 0) is 11.8 Å². The molecule has 1 aromatic carbocycles. The molecule has 4 bridgehead atoms. The van der Waals surface area contributed by atoms with Gasteiger partial charge < -0.3 is 4.57 Å². The van der Waals surface area contributed by atoms with Gasteiger partial charge in [-0.25, -0.2) is 0 Å². The van der Waals surface area contributed by atoms with Gasteiger partial charge in [-0.2, -0.15) is 4.99 Å². The van der Waals surface area contributed by atoms with E-state index in [0.717, 1.165) is 47.3 Å². The summed E-state index contributed by atoms with van der Waals surface area (Å²) in [5, 5.41) is 0. The molecule has 4 aliphatic rings. The van der Waals surface area contributed by atoms with Crippen LogP contribution in [0.2, 0.25) is 0 Å². The molecule has 0 spiro atoms. The van der Waals surface area contributed by atoms with Crippen molar-refractivity contribution in [3.63, 3.8) is 0 Å². The average Bonchev–Trinajstić information content (AvgIpc) is 2.83. The van der Waals surface area contributed by atoms with E-state index in [0.29, 0.717) is 0 Å². The highest BCUT2D eigenvalue weighted by atomic mass is 32.1. The van der Waals surface area contributed by atoms with E-state index < -0.39 is 0 Å². The number of hydrogen-bond donors (Lipinski definition) is 0. The fourth-order valence-electron chi connectivity index (χ4n) is 5.77.